The number of esters is 1. The molecule has 3 aromatic rings. The highest BCUT2D eigenvalue weighted by Gasteiger charge is 2.20. The van der Waals surface area contributed by atoms with Crippen molar-refractivity contribution in [2.24, 2.45) is 0 Å². The molecule has 0 saturated carbocycles. The zero-order chi connectivity index (χ0) is 21.5. The SMILES string of the molecule is Cc1nc(CSc2ccccc2C(=O)OCC(=O)N(C)C(C)c2ccccc2)cs1. The van der Waals surface area contributed by atoms with Gasteiger partial charge in [-0.3, -0.25) is 4.79 Å². The van der Waals surface area contributed by atoms with Gasteiger partial charge in [-0.2, -0.15) is 0 Å². The van der Waals surface area contributed by atoms with Crippen LogP contribution in [-0.2, 0) is 15.3 Å². The Hall–Kier alpha value is -2.64. The summed E-state index contributed by atoms with van der Waals surface area (Å²) in [7, 11) is 1.72. The quantitative estimate of drug-likeness (QED) is 0.359. The highest BCUT2D eigenvalue weighted by Crippen LogP contribution is 2.27. The number of nitrogens with zero attached hydrogens (tertiary/aromatic N) is 2. The molecule has 1 aromatic heterocycles. The van der Waals surface area contributed by atoms with Crippen LogP contribution < -0.4 is 0 Å². The third-order valence-corrected chi connectivity index (χ3v) is 6.66. The molecule has 7 heteroatoms. The first-order valence-electron chi connectivity index (χ1n) is 9.56. The Morgan fingerprint density at radius 1 is 1.13 bits per heavy atom. The minimum Gasteiger partial charge on any atom is -0.452 e. The van der Waals surface area contributed by atoms with Crippen LogP contribution in [0.3, 0.4) is 0 Å². The number of amides is 1. The number of aromatic nitrogens is 1. The van der Waals surface area contributed by atoms with Gasteiger partial charge in [-0.15, -0.1) is 23.1 Å². The van der Waals surface area contributed by atoms with Gasteiger partial charge in [-0.25, -0.2) is 9.78 Å². The highest BCUT2D eigenvalue weighted by molar-refractivity contribution is 7.98. The summed E-state index contributed by atoms with van der Waals surface area (Å²) in [5.41, 5.74) is 2.47. The molecular weight excluding hydrogens is 416 g/mol. The number of rotatable bonds is 8. The lowest BCUT2D eigenvalue weighted by Crippen LogP contribution is -2.33. The van der Waals surface area contributed by atoms with Crippen molar-refractivity contribution in [1.82, 2.24) is 9.88 Å². The Morgan fingerprint density at radius 2 is 1.83 bits per heavy atom. The number of aryl methyl sites for hydroxylation is 1. The number of carbonyl (C=O) groups excluding carboxylic acids is 2. The molecule has 1 unspecified atom stereocenters. The lowest BCUT2D eigenvalue weighted by molar-refractivity contribution is -0.135. The molecule has 0 aliphatic rings. The highest BCUT2D eigenvalue weighted by atomic mass is 32.2. The van der Waals surface area contributed by atoms with E-state index in [4.69, 9.17) is 4.74 Å². The van der Waals surface area contributed by atoms with Gasteiger partial charge in [0, 0.05) is 23.1 Å². The van der Waals surface area contributed by atoms with Crippen LogP contribution in [-0.4, -0.2) is 35.4 Å². The Kier molecular flexibility index (Phi) is 7.65. The van der Waals surface area contributed by atoms with E-state index in [0.29, 0.717) is 11.3 Å². The maximum Gasteiger partial charge on any atom is 0.339 e. The third kappa shape index (κ3) is 5.70. The number of thiazole rings is 1. The van der Waals surface area contributed by atoms with Gasteiger partial charge in [-0.1, -0.05) is 42.5 Å². The van der Waals surface area contributed by atoms with Crippen molar-refractivity contribution in [3.05, 3.63) is 81.8 Å². The van der Waals surface area contributed by atoms with Crippen molar-refractivity contribution in [2.45, 2.75) is 30.5 Å². The fourth-order valence-electron chi connectivity index (χ4n) is 2.87. The summed E-state index contributed by atoms with van der Waals surface area (Å²) < 4.78 is 5.34. The Labute approximate surface area is 185 Å². The summed E-state index contributed by atoms with van der Waals surface area (Å²) in [6.45, 7) is 3.62. The van der Waals surface area contributed by atoms with Crippen molar-refractivity contribution in [3.8, 4) is 0 Å². The first-order valence-corrected chi connectivity index (χ1v) is 11.4. The molecular formula is C23H24N2O3S2. The summed E-state index contributed by atoms with van der Waals surface area (Å²) in [4.78, 5) is 32.0. The molecule has 0 bridgehead atoms. The van der Waals surface area contributed by atoms with Crippen LogP contribution in [0.1, 0.15) is 39.6 Å². The van der Waals surface area contributed by atoms with Crippen molar-refractivity contribution in [2.75, 3.05) is 13.7 Å². The van der Waals surface area contributed by atoms with Crippen molar-refractivity contribution in [3.63, 3.8) is 0 Å². The van der Waals surface area contributed by atoms with Crippen LogP contribution in [0.2, 0.25) is 0 Å². The van der Waals surface area contributed by atoms with Crippen LogP contribution in [0.4, 0.5) is 0 Å². The molecule has 30 heavy (non-hydrogen) atoms. The predicted molar refractivity (Wildman–Crippen MR) is 121 cm³/mol. The zero-order valence-electron chi connectivity index (χ0n) is 17.2. The van der Waals surface area contributed by atoms with E-state index < -0.39 is 5.97 Å². The van der Waals surface area contributed by atoms with Crippen LogP contribution in [0, 0.1) is 6.92 Å². The molecule has 0 N–H and O–H groups in total. The number of hydrogen-bond acceptors (Lipinski definition) is 6. The minimum atomic E-state index is -0.498. The maximum absolute atomic E-state index is 12.6. The average molecular weight is 441 g/mol. The Balaban J connectivity index is 1.58. The number of benzene rings is 2. The number of hydrogen-bond donors (Lipinski definition) is 0. The molecule has 0 fully saturated rings. The van der Waals surface area contributed by atoms with E-state index in [0.717, 1.165) is 21.2 Å². The standard InChI is InChI=1S/C23H24N2O3S2/c1-16(18-9-5-4-6-10-18)25(3)22(26)13-28-23(27)20-11-7-8-12-21(20)30-15-19-14-29-17(2)24-19/h4-12,14,16H,13,15H2,1-3H3. The molecule has 5 nitrogen and oxygen atoms in total. The predicted octanol–water partition coefficient (Wildman–Crippen LogP) is 5.12. The molecule has 0 radical (unpaired) electrons. The number of carbonyl (C=O) groups is 2. The second kappa shape index (κ2) is 10.4. The van der Waals surface area contributed by atoms with Gasteiger partial charge < -0.3 is 9.64 Å². The molecule has 3 rings (SSSR count). The summed E-state index contributed by atoms with van der Waals surface area (Å²) in [5.74, 6) is -0.0744. The van der Waals surface area contributed by atoms with E-state index in [1.54, 1.807) is 35.4 Å². The van der Waals surface area contributed by atoms with Crippen LogP contribution in [0.25, 0.3) is 0 Å². The van der Waals surface area contributed by atoms with Gasteiger partial charge in [0.05, 0.1) is 22.3 Å². The molecule has 156 valence electrons. The lowest BCUT2D eigenvalue weighted by Gasteiger charge is -2.25. The van der Waals surface area contributed by atoms with Crippen molar-refractivity contribution in [1.29, 1.82) is 0 Å². The Bertz CT molecular complexity index is 1000. The van der Waals surface area contributed by atoms with Crippen molar-refractivity contribution < 1.29 is 14.3 Å². The fraction of sp³-hybridized carbons (Fsp3) is 0.261. The summed E-state index contributed by atoms with van der Waals surface area (Å²) >= 11 is 3.14. The average Bonchev–Trinajstić information content (AvgIpc) is 3.20. The van der Waals surface area contributed by atoms with E-state index in [1.165, 1.54) is 11.8 Å². The number of thioether (sulfide) groups is 1. The summed E-state index contributed by atoms with van der Waals surface area (Å²) in [6, 6.07) is 16.9. The molecule has 2 aromatic carbocycles. The van der Waals surface area contributed by atoms with E-state index in [-0.39, 0.29) is 18.6 Å². The van der Waals surface area contributed by atoms with E-state index in [9.17, 15) is 9.59 Å². The smallest absolute Gasteiger partial charge is 0.339 e. The second-order valence-electron chi connectivity index (χ2n) is 6.81. The minimum absolute atomic E-state index is 0.109. The first kappa shape index (κ1) is 22.1. The third-order valence-electron chi connectivity index (χ3n) is 4.73. The first-order chi connectivity index (χ1) is 14.5. The van der Waals surface area contributed by atoms with Crippen LogP contribution in [0.15, 0.2) is 64.9 Å². The molecule has 1 heterocycles. The van der Waals surface area contributed by atoms with Gasteiger partial charge in [0.25, 0.3) is 5.91 Å². The van der Waals surface area contributed by atoms with Crippen LogP contribution >= 0.6 is 23.1 Å². The topological polar surface area (TPSA) is 59.5 Å². The maximum atomic E-state index is 12.6. The summed E-state index contributed by atoms with van der Waals surface area (Å²) in [6.07, 6.45) is 0. The summed E-state index contributed by atoms with van der Waals surface area (Å²) in [5, 5.41) is 3.04. The fourth-order valence-corrected chi connectivity index (χ4v) is 4.52. The van der Waals surface area contributed by atoms with Gasteiger partial charge in [0.1, 0.15) is 0 Å². The van der Waals surface area contributed by atoms with Crippen LogP contribution in [0.5, 0.6) is 0 Å². The van der Waals surface area contributed by atoms with Crippen molar-refractivity contribution >= 4 is 35.0 Å². The molecule has 0 aliphatic heterocycles. The molecule has 1 amide bonds. The molecule has 1 atom stereocenters. The molecule has 0 saturated heterocycles. The Morgan fingerprint density at radius 3 is 2.53 bits per heavy atom. The molecule has 0 aliphatic carbocycles. The second-order valence-corrected chi connectivity index (χ2v) is 8.89. The van der Waals surface area contributed by atoms with Gasteiger partial charge >= 0.3 is 5.97 Å². The molecule has 0 spiro atoms. The number of ether oxygens (including phenoxy) is 1. The largest absolute Gasteiger partial charge is 0.452 e. The number of likely N-dealkylation sites (N-methyl/N-ethyl adjacent to an activating group) is 1. The van der Waals surface area contributed by atoms with Gasteiger partial charge in [0.2, 0.25) is 0 Å². The van der Waals surface area contributed by atoms with E-state index in [2.05, 4.69) is 4.98 Å². The van der Waals surface area contributed by atoms with E-state index >= 15 is 0 Å². The lowest BCUT2D eigenvalue weighted by atomic mass is 10.1. The van der Waals surface area contributed by atoms with Gasteiger partial charge in [-0.05, 0) is 31.5 Å². The monoisotopic (exact) mass is 440 g/mol. The van der Waals surface area contributed by atoms with E-state index in [1.807, 2.05) is 61.7 Å². The van der Waals surface area contributed by atoms with Gasteiger partial charge in [0.15, 0.2) is 6.61 Å². The normalized spacial score (nSPS) is 11.7. The zero-order valence-corrected chi connectivity index (χ0v) is 18.8.